The van der Waals surface area contributed by atoms with Crippen LogP contribution in [-0.2, 0) is 0 Å². The largest absolute Gasteiger partial charge is 0.382 e. The van der Waals surface area contributed by atoms with Gasteiger partial charge in [-0.05, 0) is 42.5 Å². The summed E-state index contributed by atoms with van der Waals surface area (Å²) in [5.41, 5.74) is 4.39. The number of nitrogens with one attached hydrogen (secondary N) is 1. The molecule has 0 radical (unpaired) electrons. The molecule has 96 valence electrons. The normalized spacial score (nSPS) is 12.8. The van der Waals surface area contributed by atoms with Crippen molar-refractivity contribution in [1.82, 2.24) is 0 Å². The molecule has 2 aromatic carbocycles. The molecule has 0 atom stereocenters. The molecule has 0 saturated carbocycles. The van der Waals surface area contributed by atoms with Crippen LogP contribution in [-0.4, -0.2) is 13.1 Å². The van der Waals surface area contributed by atoms with E-state index in [0.29, 0.717) is 11.1 Å². The van der Waals surface area contributed by atoms with Gasteiger partial charge in [-0.3, -0.25) is 0 Å². The maximum Gasteiger partial charge on any atom is 0.0992 e. The Kier molecular flexibility index (Phi) is 2.99. The van der Waals surface area contributed by atoms with Crippen molar-refractivity contribution in [2.24, 2.45) is 0 Å². The van der Waals surface area contributed by atoms with E-state index in [2.05, 4.69) is 22.4 Å². The predicted octanol–water partition coefficient (Wildman–Crippen LogP) is 2.99. The summed E-state index contributed by atoms with van der Waals surface area (Å²) in [7, 11) is 0. The number of nitrogens with zero attached hydrogens (tertiary/aromatic N) is 3. The fourth-order valence-electron chi connectivity index (χ4n) is 2.39. The van der Waals surface area contributed by atoms with Gasteiger partial charge in [-0.15, -0.1) is 0 Å². The van der Waals surface area contributed by atoms with Crippen LogP contribution in [0.1, 0.15) is 11.1 Å². The third-order valence-corrected chi connectivity index (χ3v) is 3.38. The number of rotatable bonds is 1. The summed E-state index contributed by atoms with van der Waals surface area (Å²) in [6.45, 7) is 1.67. The highest BCUT2D eigenvalue weighted by Gasteiger charge is 2.18. The Labute approximate surface area is 117 Å². The zero-order valence-electron chi connectivity index (χ0n) is 10.8. The molecule has 1 heterocycles. The third-order valence-electron chi connectivity index (χ3n) is 3.38. The van der Waals surface area contributed by atoms with Crippen molar-refractivity contribution in [3.8, 4) is 12.1 Å². The minimum atomic E-state index is 0.651. The highest BCUT2D eigenvalue weighted by molar-refractivity contribution is 5.79. The summed E-state index contributed by atoms with van der Waals surface area (Å²) >= 11 is 0. The molecule has 4 heteroatoms. The summed E-state index contributed by atoms with van der Waals surface area (Å²) in [5, 5.41) is 21.1. The summed E-state index contributed by atoms with van der Waals surface area (Å²) in [4.78, 5) is 2.19. The second-order valence-corrected chi connectivity index (χ2v) is 4.58. The number of hydrogen-bond donors (Lipinski definition) is 1. The Bertz CT molecular complexity index is 720. The van der Waals surface area contributed by atoms with Crippen molar-refractivity contribution in [3.05, 3.63) is 53.6 Å². The highest BCUT2D eigenvalue weighted by Crippen LogP contribution is 2.35. The van der Waals surface area contributed by atoms with E-state index in [1.54, 1.807) is 0 Å². The predicted molar refractivity (Wildman–Crippen MR) is 77.8 cm³/mol. The lowest BCUT2D eigenvalue weighted by atomic mass is 10.1. The zero-order chi connectivity index (χ0) is 13.9. The van der Waals surface area contributed by atoms with E-state index >= 15 is 0 Å². The zero-order valence-corrected chi connectivity index (χ0v) is 10.8. The van der Waals surface area contributed by atoms with Crippen LogP contribution in [0.3, 0.4) is 0 Å². The Morgan fingerprint density at radius 3 is 2.35 bits per heavy atom. The Morgan fingerprint density at radius 1 is 0.950 bits per heavy atom. The van der Waals surface area contributed by atoms with E-state index < -0.39 is 0 Å². The Morgan fingerprint density at radius 2 is 1.65 bits per heavy atom. The summed E-state index contributed by atoms with van der Waals surface area (Å²) in [5.74, 6) is 0. The number of hydrogen-bond acceptors (Lipinski definition) is 4. The minimum Gasteiger partial charge on any atom is -0.382 e. The molecule has 0 bridgehead atoms. The average Bonchev–Trinajstić information content (AvgIpc) is 2.54. The first kappa shape index (κ1) is 12.1. The molecule has 2 aromatic rings. The highest BCUT2D eigenvalue weighted by atomic mass is 15.2. The molecule has 0 unspecified atom stereocenters. The van der Waals surface area contributed by atoms with Crippen molar-refractivity contribution in [1.29, 1.82) is 10.5 Å². The van der Waals surface area contributed by atoms with Gasteiger partial charge in [0.2, 0.25) is 0 Å². The van der Waals surface area contributed by atoms with E-state index in [9.17, 15) is 0 Å². The van der Waals surface area contributed by atoms with Gasteiger partial charge >= 0.3 is 0 Å². The lowest BCUT2D eigenvalue weighted by Gasteiger charge is -2.32. The molecule has 0 aromatic heterocycles. The first-order valence-corrected chi connectivity index (χ1v) is 6.37. The fraction of sp³-hybridized carbons (Fsp3) is 0.125. The van der Waals surface area contributed by atoms with Gasteiger partial charge in [0, 0.05) is 18.8 Å². The Hall–Kier alpha value is -2.98. The van der Waals surface area contributed by atoms with Gasteiger partial charge in [0.1, 0.15) is 0 Å². The molecule has 4 nitrogen and oxygen atoms in total. The van der Waals surface area contributed by atoms with Crippen LogP contribution in [0.5, 0.6) is 0 Å². The third kappa shape index (κ3) is 2.04. The number of fused-ring (bicyclic) bond motifs is 1. The van der Waals surface area contributed by atoms with Crippen molar-refractivity contribution >= 4 is 17.1 Å². The van der Waals surface area contributed by atoms with E-state index in [1.165, 1.54) is 0 Å². The molecule has 0 spiro atoms. The molecule has 1 aliphatic rings. The number of anilines is 3. The number of nitriles is 2. The molecule has 1 aliphatic heterocycles. The monoisotopic (exact) mass is 260 g/mol. The van der Waals surface area contributed by atoms with Gasteiger partial charge in [0.25, 0.3) is 0 Å². The molecule has 1 N–H and O–H groups in total. The van der Waals surface area contributed by atoms with Crippen LogP contribution in [0.25, 0.3) is 0 Å². The van der Waals surface area contributed by atoms with Crippen LogP contribution in [0, 0.1) is 22.7 Å². The molecular weight excluding hydrogens is 248 g/mol. The van der Waals surface area contributed by atoms with E-state index in [1.807, 2.05) is 42.5 Å². The lowest BCUT2D eigenvalue weighted by Crippen LogP contribution is -2.30. The quantitative estimate of drug-likeness (QED) is 0.856. The molecule has 0 saturated heterocycles. The first-order valence-electron chi connectivity index (χ1n) is 6.37. The van der Waals surface area contributed by atoms with Gasteiger partial charge in [-0.25, -0.2) is 0 Å². The van der Waals surface area contributed by atoms with E-state index in [4.69, 9.17) is 10.5 Å². The topological polar surface area (TPSA) is 62.9 Å². The van der Waals surface area contributed by atoms with Gasteiger partial charge < -0.3 is 10.2 Å². The molecular formula is C16H12N4. The van der Waals surface area contributed by atoms with Crippen LogP contribution < -0.4 is 10.2 Å². The molecule has 3 rings (SSSR count). The van der Waals surface area contributed by atoms with Crippen molar-refractivity contribution in [2.75, 3.05) is 23.3 Å². The SMILES string of the molecule is N#Cc1ccc(N2CCNc3cc(C#N)ccc32)cc1. The molecule has 0 aliphatic carbocycles. The second-order valence-electron chi connectivity index (χ2n) is 4.58. The molecule has 20 heavy (non-hydrogen) atoms. The van der Waals surface area contributed by atoms with Crippen LogP contribution >= 0.6 is 0 Å². The second kappa shape index (κ2) is 4.95. The Balaban J connectivity index is 2.01. The molecule has 0 amide bonds. The maximum absolute atomic E-state index is 8.96. The fourth-order valence-corrected chi connectivity index (χ4v) is 2.39. The van der Waals surface area contributed by atoms with E-state index in [0.717, 1.165) is 30.2 Å². The van der Waals surface area contributed by atoms with Crippen LogP contribution in [0.15, 0.2) is 42.5 Å². The summed E-state index contributed by atoms with van der Waals surface area (Å²) in [6.07, 6.45) is 0. The van der Waals surface area contributed by atoms with Crippen molar-refractivity contribution in [2.45, 2.75) is 0 Å². The average molecular weight is 260 g/mol. The summed E-state index contributed by atoms with van der Waals surface area (Å²) < 4.78 is 0. The van der Waals surface area contributed by atoms with Gasteiger partial charge in [0.05, 0.1) is 34.6 Å². The van der Waals surface area contributed by atoms with Gasteiger partial charge in [-0.2, -0.15) is 10.5 Å². The molecule has 0 fully saturated rings. The lowest BCUT2D eigenvalue weighted by molar-refractivity contribution is 0.926. The van der Waals surface area contributed by atoms with Crippen LogP contribution in [0.2, 0.25) is 0 Å². The van der Waals surface area contributed by atoms with Gasteiger partial charge in [0.15, 0.2) is 0 Å². The first-order chi connectivity index (χ1) is 9.81. The smallest absolute Gasteiger partial charge is 0.0992 e. The van der Waals surface area contributed by atoms with Crippen LogP contribution in [0.4, 0.5) is 17.1 Å². The maximum atomic E-state index is 8.96. The van der Waals surface area contributed by atoms with Crippen molar-refractivity contribution < 1.29 is 0 Å². The minimum absolute atomic E-state index is 0.651. The number of benzene rings is 2. The van der Waals surface area contributed by atoms with Gasteiger partial charge in [-0.1, -0.05) is 0 Å². The standard InChI is InChI=1S/C16H12N4/c17-10-12-1-4-14(5-2-12)20-8-7-19-15-9-13(11-18)3-6-16(15)20/h1-6,9,19H,7-8H2. The van der Waals surface area contributed by atoms with E-state index in [-0.39, 0.29) is 0 Å². The van der Waals surface area contributed by atoms with Crippen molar-refractivity contribution in [3.63, 3.8) is 0 Å². The summed E-state index contributed by atoms with van der Waals surface area (Å²) in [6, 6.07) is 17.5.